The summed E-state index contributed by atoms with van der Waals surface area (Å²) in [4.78, 5) is 12.7. The maximum absolute atomic E-state index is 12.7. The Kier molecular flexibility index (Phi) is 9.07. The molecule has 196 valence electrons. The number of nitriles is 1. The zero-order valence-corrected chi connectivity index (χ0v) is 21.8. The molecule has 0 saturated carbocycles. The largest absolute Gasteiger partial charge is 0.508 e. The standard InChI is InChI=1S/C31H25ClN2O5/c1-37-30-15-22(7-13-29(30)39-19-21-5-3-2-4-6-21)20-38-28-14-8-25(32)17-23(28)16-24(18-33)31(36)34-26-9-11-27(35)12-10-26/h2-17,35H,19-20H2,1H3,(H,34,36)/b24-16+. The molecule has 0 aliphatic rings. The van der Waals surface area contributed by atoms with Crippen molar-refractivity contribution in [1.82, 2.24) is 0 Å². The number of benzene rings is 4. The second-order valence-corrected chi connectivity index (χ2v) is 8.84. The van der Waals surface area contributed by atoms with Gasteiger partial charge in [-0.3, -0.25) is 4.79 Å². The van der Waals surface area contributed by atoms with Gasteiger partial charge in [-0.25, -0.2) is 0 Å². The van der Waals surface area contributed by atoms with Crippen LogP contribution in [0.1, 0.15) is 16.7 Å². The molecule has 0 aliphatic heterocycles. The monoisotopic (exact) mass is 540 g/mol. The predicted molar refractivity (Wildman–Crippen MR) is 150 cm³/mol. The molecule has 0 spiro atoms. The molecule has 4 aromatic rings. The molecule has 0 aliphatic carbocycles. The number of phenols is 1. The molecule has 0 bridgehead atoms. The molecular weight excluding hydrogens is 516 g/mol. The Balaban J connectivity index is 1.48. The smallest absolute Gasteiger partial charge is 0.266 e. The molecule has 0 atom stereocenters. The quantitative estimate of drug-likeness (QED) is 0.131. The van der Waals surface area contributed by atoms with Gasteiger partial charge in [-0.2, -0.15) is 5.26 Å². The van der Waals surface area contributed by atoms with Crippen molar-refractivity contribution in [2.45, 2.75) is 13.2 Å². The van der Waals surface area contributed by atoms with Gasteiger partial charge in [-0.1, -0.05) is 48.0 Å². The summed E-state index contributed by atoms with van der Waals surface area (Å²) in [6, 6.07) is 28.2. The van der Waals surface area contributed by atoms with Crippen LogP contribution in [0, 0.1) is 11.3 Å². The minimum Gasteiger partial charge on any atom is -0.508 e. The lowest BCUT2D eigenvalue weighted by Gasteiger charge is -2.14. The molecule has 4 aromatic carbocycles. The van der Waals surface area contributed by atoms with E-state index in [4.69, 9.17) is 25.8 Å². The van der Waals surface area contributed by atoms with Crippen LogP contribution in [0.25, 0.3) is 6.08 Å². The third-order valence-corrected chi connectivity index (χ3v) is 5.86. The third kappa shape index (κ3) is 7.54. The third-order valence-electron chi connectivity index (χ3n) is 5.62. The number of anilines is 1. The number of hydrogen-bond donors (Lipinski definition) is 2. The molecule has 8 heteroatoms. The minimum atomic E-state index is -0.607. The van der Waals surface area contributed by atoms with Crippen molar-refractivity contribution in [1.29, 1.82) is 5.26 Å². The lowest BCUT2D eigenvalue weighted by Crippen LogP contribution is -2.13. The summed E-state index contributed by atoms with van der Waals surface area (Å²) < 4.78 is 17.5. The first-order valence-corrected chi connectivity index (χ1v) is 12.3. The van der Waals surface area contributed by atoms with E-state index in [1.807, 2.05) is 54.6 Å². The van der Waals surface area contributed by atoms with Gasteiger partial charge in [0.25, 0.3) is 5.91 Å². The molecule has 0 heterocycles. The normalized spacial score (nSPS) is 10.8. The fourth-order valence-corrected chi connectivity index (χ4v) is 3.81. The highest BCUT2D eigenvalue weighted by molar-refractivity contribution is 6.30. The first-order valence-electron chi connectivity index (χ1n) is 11.9. The van der Waals surface area contributed by atoms with Crippen molar-refractivity contribution in [2.75, 3.05) is 12.4 Å². The molecule has 0 radical (unpaired) electrons. The number of phenolic OH excluding ortho intramolecular Hbond substituents is 1. The Morgan fingerprint density at radius 1 is 0.897 bits per heavy atom. The number of rotatable bonds is 10. The zero-order chi connectivity index (χ0) is 27.6. The Morgan fingerprint density at radius 2 is 1.59 bits per heavy atom. The average Bonchev–Trinajstić information content (AvgIpc) is 2.96. The SMILES string of the molecule is COc1cc(COc2ccc(Cl)cc2/C=C(\C#N)C(=O)Nc2ccc(O)cc2)ccc1OCc1ccccc1. The van der Waals surface area contributed by atoms with Crippen LogP contribution in [0.2, 0.25) is 5.02 Å². The number of ether oxygens (including phenoxy) is 3. The Bertz CT molecular complexity index is 1510. The molecule has 0 aromatic heterocycles. The molecule has 0 fully saturated rings. The van der Waals surface area contributed by atoms with E-state index in [0.717, 1.165) is 11.1 Å². The van der Waals surface area contributed by atoms with Crippen LogP contribution in [0.5, 0.6) is 23.0 Å². The first kappa shape index (κ1) is 27.1. The molecule has 2 N–H and O–H groups in total. The van der Waals surface area contributed by atoms with E-state index < -0.39 is 5.91 Å². The summed E-state index contributed by atoms with van der Waals surface area (Å²) in [6.07, 6.45) is 1.41. The van der Waals surface area contributed by atoms with E-state index in [2.05, 4.69) is 5.32 Å². The maximum atomic E-state index is 12.7. The highest BCUT2D eigenvalue weighted by atomic mass is 35.5. The molecule has 7 nitrogen and oxygen atoms in total. The van der Waals surface area contributed by atoms with Crippen LogP contribution in [0.3, 0.4) is 0 Å². The van der Waals surface area contributed by atoms with E-state index in [1.54, 1.807) is 25.3 Å². The van der Waals surface area contributed by atoms with Gasteiger partial charge in [-0.05, 0) is 71.8 Å². The second-order valence-electron chi connectivity index (χ2n) is 8.40. The molecular formula is C31H25ClN2O5. The summed E-state index contributed by atoms with van der Waals surface area (Å²) in [5.41, 5.74) is 2.64. The summed E-state index contributed by atoms with van der Waals surface area (Å²) >= 11 is 6.19. The molecule has 39 heavy (non-hydrogen) atoms. The zero-order valence-electron chi connectivity index (χ0n) is 21.1. The van der Waals surface area contributed by atoms with Crippen LogP contribution in [-0.4, -0.2) is 18.1 Å². The van der Waals surface area contributed by atoms with Crippen LogP contribution in [-0.2, 0) is 18.0 Å². The maximum Gasteiger partial charge on any atom is 0.266 e. The molecule has 1 amide bonds. The van der Waals surface area contributed by atoms with Gasteiger partial charge in [0.15, 0.2) is 11.5 Å². The lowest BCUT2D eigenvalue weighted by atomic mass is 10.1. The number of nitrogens with zero attached hydrogens (tertiary/aromatic N) is 1. The van der Waals surface area contributed by atoms with Crippen molar-refractivity contribution < 1.29 is 24.1 Å². The highest BCUT2D eigenvalue weighted by Gasteiger charge is 2.13. The van der Waals surface area contributed by atoms with E-state index in [-0.39, 0.29) is 17.9 Å². The molecule has 4 rings (SSSR count). The van der Waals surface area contributed by atoms with E-state index in [9.17, 15) is 15.2 Å². The van der Waals surface area contributed by atoms with Gasteiger partial charge < -0.3 is 24.6 Å². The number of methoxy groups -OCH3 is 1. The number of amides is 1. The van der Waals surface area contributed by atoms with Crippen molar-refractivity contribution in [3.63, 3.8) is 0 Å². The number of nitrogens with one attached hydrogen (secondary N) is 1. The number of aromatic hydroxyl groups is 1. The number of carbonyl (C=O) groups excluding carboxylic acids is 1. The summed E-state index contributed by atoms with van der Waals surface area (Å²) in [5, 5.41) is 22.1. The number of carbonyl (C=O) groups is 1. The summed E-state index contributed by atoms with van der Waals surface area (Å²) in [7, 11) is 1.57. The summed E-state index contributed by atoms with van der Waals surface area (Å²) in [6.45, 7) is 0.606. The number of halogens is 1. The van der Waals surface area contributed by atoms with Gasteiger partial charge in [0.2, 0.25) is 0 Å². The first-order chi connectivity index (χ1) is 18.9. The van der Waals surface area contributed by atoms with Crippen LogP contribution in [0.15, 0.2) is 96.6 Å². The highest BCUT2D eigenvalue weighted by Crippen LogP contribution is 2.31. The van der Waals surface area contributed by atoms with Crippen LogP contribution < -0.4 is 19.5 Å². The number of hydrogen-bond acceptors (Lipinski definition) is 6. The lowest BCUT2D eigenvalue weighted by molar-refractivity contribution is -0.112. The van der Waals surface area contributed by atoms with E-state index in [0.29, 0.717) is 40.1 Å². The van der Waals surface area contributed by atoms with Crippen molar-refractivity contribution in [3.8, 4) is 29.1 Å². The van der Waals surface area contributed by atoms with Gasteiger partial charge >= 0.3 is 0 Å². The van der Waals surface area contributed by atoms with Gasteiger partial charge in [0.05, 0.1) is 7.11 Å². The minimum absolute atomic E-state index is 0.0664. The predicted octanol–water partition coefficient (Wildman–Crippen LogP) is 6.76. The van der Waals surface area contributed by atoms with Gasteiger partial charge in [0, 0.05) is 16.3 Å². The fraction of sp³-hybridized carbons (Fsp3) is 0.0968. The van der Waals surface area contributed by atoms with Crippen molar-refractivity contribution in [3.05, 3.63) is 118 Å². The van der Waals surface area contributed by atoms with Crippen LogP contribution >= 0.6 is 11.6 Å². The fourth-order valence-electron chi connectivity index (χ4n) is 3.63. The Morgan fingerprint density at radius 3 is 2.31 bits per heavy atom. The molecule has 0 saturated heterocycles. The van der Waals surface area contributed by atoms with Gasteiger partial charge in [-0.15, -0.1) is 0 Å². The average molecular weight is 541 g/mol. The van der Waals surface area contributed by atoms with Crippen molar-refractivity contribution >= 4 is 29.3 Å². The second kappa shape index (κ2) is 13.0. The Hall–Kier alpha value is -4.93. The summed E-state index contributed by atoms with van der Waals surface area (Å²) in [5.74, 6) is 1.08. The molecule has 0 unspecified atom stereocenters. The Labute approximate surface area is 231 Å². The topological polar surface area (TPSA) is 101 Å². The van der Waals surface area contributed by atoms with Crippen LogP contribution in [0.4, 0.5) is 5.69 Å². The van der Waals surface area contributed by atoms with Gasteiger partial charge in [0.1, 0.15) is 36.4 Å². The van der Waals surface area contributed by atoms with Crippen molar-refractivity contribution in [2.24, 2.45) is 0 Å². The van der Waals surface area contributed by atoms with E-state index in [1.165, 1.54) is 30.3 Å². The van der Waals surface area contributed by atoms with E-state index >= 15 is 0 Å².